The van der Waals surface area contributed by atoms with Crippen LogP contribution < -0.4 is 0 Å². The number of allylic oxidation sites excluding steroid dienone is 1. The van der Waals surface area contributed by atoms with E-state index in [9.17, 15) is 0 Å². The van der Waals surface area contributed by atoms with E-state index in [1.807, 2.05) is 17.7 Å². The average Bonchev–Trinajstić information content (AvgIpc) is 2.33. The molecule has 0 fully saturated rings. The Kier molecular flexibility index (Phi) is 2.13. The van der Waals surface area contributed by atoms with E-state index in [0.717, 1.165) is 11.4 Å². The average molecular weight is 150 g/mol. The van der Waals surface area contributed by atoms with Crippen molar-refractivity contribution in [2.75, 3.05) is 0 Å². The van der Waals surface area contributed by atoms with Gasteiger partial charge in [0.2, 0.25) is 0 Å². The molecule has 11 heavy (non-hydrogen) atoms. The quantitative estimate of drug-likeness (QED) is 0.633. The van der Waals surface area contributed by atoms with Crippen molar-refractivity contribution in [2.24, 2.45) is 0 Å². The van der Waals surface area contributed by atoms with Crippen LogP contribution in [0.2, 0.25) is 0 Å². The molecule has 0 bridgehead atoms. The summed E-state index contributed by atoms with van der Waals surface area (Å²) < 4.78 is 1.94. The lowest BCUT2D eigenvalue weighted by Gasteiger charge is -1.98. The molecule has 0 spiro atoms. The van der Waals surface area contributed by atoms with Gasteiger partial charge in [0.25, 0.3) is 0 Å². The van der Waals surface area contributed by atoms with Crippen LogP contribution in [0.1, 0.15) is 32.4 Å². The van der Waals surface area contributed by atoms with Crippen LogP contribution in [0, 0.1) is 0 Å². The van der Waals surface area contributed by atoms with E-state index in [-0.39, 0.29) is 0 Å². The summed E-state index contributed by atoms with van der Waals surface area (Å²) in [5, 5.41) is 0. The van der Waals surface area contributed by atoms with Crippen molar-refractivity contribution in [1.29, 1.82) is 0 Å². The van der Waals surface area contributed by atoms with Crippen molar-refractivity contribution in [1.82, 2.24) is 9.55 Å². The maximum atomic E-state index is 4.24. The molecule has 2 heteroatoms. The maximum absolute atomic E-state index is 4.24. The van der Waals surface area contributed by atoms with Crippen molar-refractivity contribution in [3.63, 3.8) is 0 Å². The highest BCUT2D eigenvalue weighted by Crippen LogP contribution is 2.12. The highest BCUT2D eigenvalue weighted by molar-refractivity contribution is 5.37. The van der Waals surface area contributed by atoms with Crippen LogP contribution in [0.3, 0.4) is 0 Å². The summed E-state index contributed by atoms with van der Waals surface area (Å²) in [6.07, 6.45) is 3.82. The van der Waals surface area contributed by atoms with Gasteiger partial charge in [-0.05, 0) is 12.8 Å². The largest absolute Gasteiger partial charge is 0.311 e. The molecule has 0 aliphatic carbocycles. The van der Waals surface area contributed by atoms with E-state index in [0.29, 0.717) is 5.92 Å². The molecule has 0 amide bonds. The fraction of sp³-hybridized carbons (Fsp3) is 0.444. The third kappa shape index (κ3) is 1.70. The topological polar surface area (TPSA) is 17.8 Å². The van der Waals surface area contributed by atoms with Gasteiger partial charge in [0, 0.05) is 11.9 Å². The lowest BCUT2D eigenvalue weighted by atomic mass is 10.2. The van der Waals surface area contributed by atoms with Gasteiger partial charge in [0.15, 0.2) is 0 Å². The Morgan fingerprint density at radius 3 is 2.55 bits per heavy atom. The molecule has 0 unspecified atom stereocenters. The van der Waals surface area contributed by atoms with Gasteiger partial charge in [0.05, 0.1) is 12.0 Å². The molecule has 1 heterocycles. The van der Waals surface area contributed by atoms with Gasteiger partial charge < -0.3 is 4.57 Å². The number of aromatic nitrogens is 2. The molecule has 2 nitrogen and oxygen atoms in total. The van der Waals surface area contributed by atoms with E-state index < -0.39 is 0 Å². The minimum Gasteiger partial charge on any atom is -0.311 e. The number of rotatable bonds is 2. The smallest absolute Gasteiger partial charge is 0.0992 e. The molecule has 1 rings (SSSR count). The Hall–Kier alpha value is -1.05. The Morgan fingerprint density at radius 1 is 1.64 bits per heavy atom. The molecule has 0 aromatic carbocycles. The molecule has 0 saturated carbocycles. The minimum atomic E-state index is 0.496. The third-order valence-corrected chi connectivity index (χ3v) is 1.63. The molecular formula is C9H14N2. The molecule has 1 aromatic rings. The third-order valence-electron chi connectivity index (χ3n) is 1.63. The van der Waals surface area contributed by atoms with Crippen LogP contribution in [0.25, 0.3) is 5.70 Å². The van der Waals surface area contributed by atoms with Crippen LogP contribution >= 0.6 is 0 Å². The number of hydrogen-bond donors (Lipinski definition) is 0. The normalized spacial score (nSPS) is 10.5. The molecule has 0 aliphatic heterocycles. The van der Waals surface area contributed by atoms with E-state index in [4.69, 9.17) is 0 Å². The van der Waals surface area contributed by atoms with Gasteiger partial charge in [-0.2, -0.15) is 0 Å². The van der Waals surface area contributed by atoms with Crippen LogP contribution in [-0.4, -0.2) is 9.55 Å². The van der Waals surface area contributed by atoms with Crippen LogP contribution in [0.5, 0.6) is 0 Å². The molecule has 0 radical (unpaired) electrons. The summed E-state index contributed by atoms with van der Waals surface area (Å²) in [6, 6.07) is 0. The molecule has 1 aromatic heterocycles. The highest BCUT2D eigenvalue weighted by atomic mass is 15.0. The highest BCUT2D eigenvalue weighted by Gasteiger charge is 2.02. The van der Waals surface area contributed by atoms with Crippen molar-refractivity contribution in [3.8, 4) is 0 Å². The second kappa shape index (κ2) is 2.91. The summed E-state index contributed by atoms with van der Waals surface area (Å²) in [6.45, 7) is 10.0. The van der Waals surface area contributed by atoms with Gasteiger partial charge in [-0.15, -0.1) is 0 Å². The van der Waals surface area contributed by atoms with E-state index in [2.05, 4.69) is 25.4 Å². The summed E-state index contributed by atoms with van der Waals surface area (Å²) in [7, 11) is 0. The first-order valence-electron chi connectivity index (χ1n) is 3.81. The summed E-state index contributed by atoms with van der Waals surface area (Å²) in [4.78, 5) is 4.24. The van der Waals surface area contributed by atoms with Crippen LogP contribution in [0.4, 0.5) is 0 Å². The van der Waals surface area contributed by atoms with Gasteiger partial charge in [-0.3, -0.25) is 0 Å². The SMILES string of the molecule is C=C(C)n1cnc(C(C)C)c1. The maximum Gasteiger partial charge on any atom is 0.0992 e. The summed E-state index contributed by atoms with van der Waals surface area (Å²) in [5.74, 6) is 0.496. The minimum absolute atomic E-state index is 0.496. The summed E-state index contributed by atoms with van der Waals surface area (Å²) >= 11 is 0. The molecule has 0 atom stereocenters. The van der Waals surface area contributed by atoms with E-state index in [1.165, 1.54) is 0 Å². The second-order valence-corrected chi connectivity index (χ2v) is 3.10. The van der Waals surface area contributed by atoms with Gasteiger partial charge in [-0.1, -0.05) is 20.4 Å². The lowest BCUT2D eigenvalue weighted by molar-refractivity contribution is 0.831. The predicted octanol–water partition coefficient (Wildman–Crippen LogP) is 2.50. The Morgan fingerprint density at radius 2 is 2.27 bits per heavy atom. The van der Waals surface area contributed by atoms with E-state index in [1.54, 1.807) is 6.33 Å². The van der Waals surface area contributed by atoms with Crippen molar-refractivity contribution >= 4 is 5.70 Å². The zero-order valence-corrected chi connectivity index (χ0v) is 7.33. The Labute approximate surface area is 67.6 Å². The predicted molar refractivity (Wildman–Crippen MR) is 47.3 cm³/mol. The van der Waals surface area contributed by atoms with Crippen molar-refractivity contribution in [2.45, 2.75) is 26.7 Å². The first-order chi connectivity index (χ1) is 5.11. The zero-order chi connectivity index (χ0) is 8.43. The lowest BCUT2D eigenvalue weighted by Crippen LogP contribution is -1.87. The first-order valence-corrected chi connectivity index (χ1v) is 3.81. The number of imidazole rings is 1. The van der Waals surface area contributed by atoms with Gasteiger partial charge in [0.1, 0.15) is 0 Å². The van der Waals surface area contributed by atoms with Gasteiger partial charge >= 0.3 is 0 Å². The molecule has 60 valence electrons. The number of nitrogens with zero attached hydrogens (tertiary/aromatic N) is 2. The summed E-state index contributed by atoms with van der Waals surface area (Å²) in [5.41, 5.74) is 2.12. The molecule has 0 saturated heterocycles. The fourth-order valence-corrected chi connectivity index (χ4v) is 0.845. The zero-order valence-electron chi connectivity index (χ0n) is 7.33. The van der Waals surface area contributed by atoms with Crippen molar-refractivity contribution in [3.05, 3.63) is 24.8 Å². The molecule has 0 N–H and O–H groups in total. The monoisotopic (exact) mass is 150 g/mol. The standard InChI is InChI=1S/C9H14N2/c1-7(2)9-5-11(6-10-9)8(3)4/h5-7H,3H2,1-2,4H3. The fourth-order valence-electron chi connectivity index (χ4n) is 0.845. The van der Waals surface area contributed by atoms with Crippen LogP contribution in [0.15, 0.2) is 19.1 Å². The van der Waals surface area contributed by atoms with E-state index >= 15 is 0 Å². The molecule has 0 aliphatic rings. The van der Waals surface area contributed by atoms with Gasteiger partial charge in [-0.25, -0.2) is 4.98 Å². The molecular weight excluding hydrogens is 136 g/mol. The van der Waals surface area contributed by atoms with Crippen molar-refractivity contribution < 1.29 is 0 Å². The second-order valence-electron chi connectivity index (χ2n) is 3.10. The Bertz CT molecular complexity index is 258. The number of hydrogen-bond acceptors (Lipinski definition) is 1. The first kappa shape index (κ1) is 8.05. The Balaban J connectivity index is 2.90. The van der Waals surface area contributed by atoms with Crippen LogP contribution in [-0.2, 0) is 0 Å².